The van der Waals surface area contributed by atoms with Crippen LogP contribution in [-0.2, 0) is 18.9 Å². The lowest BCUT2D eigenvalue weighted by Crippen LogP contribution is -2.28. The molecule has 1 aromatic rings. The van der Waals surface area contributed by atoms with E-state index in [0.29, 0.717) is 0 Å². The van der Waals surface area contributed by atoms with Crippen molar-refractivity contribution in [1.29, 1.82) is 0 Å². The van der Waals surface area contributed by atoms with Crippen molar-refractivity contribution in [2.45, 2.75) is 159 Å². The predicted molar refractivity (Wildman–Crippen MR) is 177 cm³/mol. The first-order valence-electron chi connectivity index (χ1n) is 14.7. The van der Waals surface area contributed by atoms with Crippen molar-refractivity contribution in [3.05, 3.63) is 12.1 Å². The van der Waals surface area contributed by atoms with Crippen LogP contribution >= 0.6 is 47.0 Å². The molecule has 0 aliphatic carbocycles. The lowest BCUT2D eigenvalue weighted by molar-refractivity contribution is -0.0149. The average Bonchev–Trinajstić information content (AvgIpc) is 3.24. The summed E-state index contributed by atoms with van der Waals surface area (Å²) >= 11 is 8.10. The van der Waals surface area contributed by atoms with Gasteiger partial charge in [-0.15, -0.1) is 47.0 Å². The van der Waals surface area contributed by atoms with Gasteiger partial charge in [-0.2, -0.15) is 0 Å². The molecule has 0 N–H and O–H groups in total. The Morgan fingerprint density at radius 2 is 0.625 bits per heavy atom. The quantitative estimate of drug-likeness (QED) is 0.226. The van der Waals surface area contributed by atoms with Gasteiger partial charge in [-0.3, -0.25) is 0 Å². The molecule has 0 atom stereocenters. The minimum atomic E-state index is -0.130. The summed E-state index contributed by atoms with van der Waals surface area (Å²) in [4.78, 5) is 5.60. The van der Waals surface area contributed by atoms with Crippen LogP contribution in [0.4, 0.5) is 0 Å². The Labute approximate surface area is 262 Å². The molecule has 8 heteroatoms. The summed E-state index contributed by atoms with van der Waals surface area (Å²) in [5, 5.41) is 0. The molecule has 0 spiro atoms. The third kappa shape index (κ3) is 11.5. The maximum Gasteiger partial charge on any atom is 0.0749 e. The van der Waals surface area contributed by atoms with Gasteiger partial charge >= 0.3 is 0 Å². The molecule has 0 saturated carbocycles. The summed E-state index contributed by atoms with van der Waals surface area (Å²) in [7, 11) is 0. The zero-order valence-electron chi connectivity index (χ0n) is 27.1. The molecule has 2 aliphatic rings. The van der Waals surface area contributed by atoms with Gasteiger partial charge in [0.2, 0.25) is 0 Å². The predicted octanol–water partition coefficient (Wildman–Crippen LogP) is 10.3. The van der Waals surface area contributed by atoms with Gasteiger partial charge in [-0.25, -0.2) is 0 Å². The average molecular weight is 631 g/mol. The van der Waals surface area contributed by atoms with Crippen LogP contribution in [0.1, 0.15) is 109 Å². The Morgan fingerprint density at radius 3 is 0.800 bits per heavy atom. The lowest BCUT2D eigenvalue weighted by Gasteiger charge is -2.31. The summed E-state index contributed by atoms with van der Waals surface area (Å²) < 4.78 is 24.8. The first-order valence-corrected chi connectivity index (χ1v) is 17.9. The molecule has 0 saturated heterocycles. The molecule has 2 aliphatic heterocycles. The Hall–Kier alpha value is 0.460. The van der Waals surface area contributed by atoms with E-state index in [1.165, 1.54) is 19.6 Å². The highest BCUT2D eigenvalue weighted by molar-refractivity contribution is 8.21. The van der Waals surface area contributed by atoms with Crippen LogP contribution in [0.2, 0.25) is 0 Å². The van der Waals surface area contributed by atoms with E-state index >= 15 is 0 Å². The van der Waals surface area contributed by atoms with Crippen LogP contribution < -0.4 is 0 Å². The zero-order chi connectivity index (χ0) is 30.0. The third-order valence-corrected chi connectivity index (χ3v) is 12.9. The van der Waals surface area contributed by atoms with Gasteiger partial charge in [0, 0.05) is 46.0 Å². The number of ether oxygens (including phenoxy) is 4. The van der Waals surface area contributed by atoms with Crippen molar-refractivity contribution in [3.8, 4) is 0 Å². The molecule has 1 aromatic carbocycles. The first-order chi connectivity index (χ1) is 18.2. The van der Waals surface area contributed by atoms with Crippen LogP contribution in [-0.4, -0.2) is 57.0 Å². The van der Waals surface area contributed by atoms with Gasteiger partial charge in [0.25, 0.3) is 0 Å². The number of benzene rings is 1. The number of fused-ring (bicyclic) bond motifs is 2. The molecule has 0 bridgehead atoms. The minimum absolute atomic E-state index is 0.0292. The first kappa shape index (κ1) is 34.9. The normalized spacial score (nSPS) is 18.7. The second-order valence-electron chi connectivity index (χ2n) is 14.8. The standard InChI is InChI=1S/C32H54O4S4/c1-27(2,3)33-17-13-31(14-18-34-28(4,5)6)37-23-21-25-26(22-24(23)38-31)40-32(39-25,15-19-35-29(7,8)9)16-20-36-30(10,11)12/h21-22H,13-20H2,1-12H3. The molecular weight excluding hydrogens is 577 g/mol. The lowest BCUT2D eigenvalue weighted by atomic mass is 10.1. The van der Waals surface area contributed by atoms with Crippen molar-refractivity contribution in [2.75, 3.05) is 26.4 Å². The van der Waals surface area contributed by atoms with E-state index in [1.54, 1.807) is 0 Å². The molecule has 0 amide bonds. The number of rotatable bonds is 12. The summed E-state index contributed by atoms with van der Waals surface area (Å²) in [6.07, 6.45) is 3.96. The van der Waals surface area contributed by atoms with Gasteiger partial charge in [0.15, 0.2) is 0 Å². The summed E-state index contributed by atoms with van der Waals surface area (Å²) in [6.45, 7) is 28.6. The van der Waals surface area contributed by atoms with E-state index in [1.807, 2.05) is 47.0 Å². The second-order valence-corrected chi connectivity index (χ2v) is 21.0. The van der Waals surface area contributed by atoms with Crippen molar-refractivity contribution in [2.24, 2.45) is 0 Å². The SMILES string of the molecule is CC(C)(C)OCCC1(CCOC(C)(C)C)Sc2cc3c(cc2S1)SC(CCOC(C)(C)C)(CCOC(C)(C)C)S3. The van der Waals surface area contributed by atoms with Crippen molar-refractivity contribution in [1.82, 2.24) is 0 Å². The highest BCUT2D eigenvalue weighted by atomic mass is 32.2. The van der Waals surface area contributed by atoms with E-state index in [9.17, 15) is 0 Å². The molecule has 4 nitrogen and oxygen atoms in total. The smallest absolute Gasteiger partial charge is 0.0749 e. The maximum atomic E-state index is 6.19. The van der Waals surface area contributed by atoms with Gasteiger partial charge in [-0.1, -0.05) is 0 Å². The Kier molecular flexibility index (Phi) is 11.5. The molecule has 2 heterocycles. The Balaban J connectivity index is 1.76. The van der Waals surface area contributed by atoms with Crippen molar-refractivity contribution in [3.63, 3.8) is 0 Å². The third-order valence-electron chi connectivity index (χ3n) is 6.27. The molecule has 3 rings (SSSR count). The zero-order valence-corrected chi connectivity index (χ0v) is 30.3. The highest BCUT2D eigenvalue weighted by Gasteiger charge is 2.44. The second kappa shape index (κ2) is 13.2. The van der Waals surface area contributed by atoms with Gasteiger partial charge < -0.3 is 18.9 Å². The largest absolute Gasteiger partial charge is 0.376 e. The maximum absolute atomic E-state index is 6.19. The van der Waals surface area contributed by atoms with Gasteiger partial charge in [-0.05, 0) is 121 Å². The van der Waals surface area contributed by atoms with Gasteiger partial charge in [0.05, 0.1) is 30.6 Å². The molecular formula is C32H54O4S4. The summed E-state index contributed by atoms with van der Waals surface area (Å²) in [6, 6.07) is 4.90. The van der Waals surface area contributed by atoms with E-state index in [4.69, 9.17) is 18.9 Å². The van der Waals surface area contributed by atoms with Crippen LogP contribution in [0.25, 0.3) is 0 Å². The van der Waals surface area contributed by atoms with E-state index in [0.717, 1.165) is 52.1 Å². The van der Waals surface area contributed by atoms with E-state index in [-0.39, 0.29) is 30.6 Å². The van der Waals surface area contributed by atoms with Crippen LogP contribution in [0.15, 0.2) is 31.7 Å². The van der Waals surface area contributed by atoms with Crippen LogP contribution in [0.5, 0.6) is 0 Å². The van der Waals surface area contributed by atoms with E-state index < -0.39 is 0 Å². The monoisotopic (exact) mass is 630 g/mol. The highest BCUT2D eigenvalue weighted by Crippen LogP contribution is 2.65. The number of hydrogen-bond acceptors (Lipinski definition) is 8. The molecule has 230 valence electrons. The van der Waals surface area contributed by atoms with Crippen LogP contribution in [0.3, 0.4) is 0 Å². The molecule has 0 radical (unpaired) electrons. The summed E-state index contributed by atoms with van der Waals surface area (Å²) in [5.74, 6) is 0. The fourth-order valence-corrected chi connectivity index (χ4v) is 10.9. The number of hydrogen-bond donors (Lipinski definition) is 0. The summed E-state index contributed by atoms with van der Waals surface area (Å²) in [5.41, 5.74) is -0.520. The molecule has 0 fully saturated rings. The minimum Gasteiger partial charge on any atom is -0.376 e. The fourth-order valence-electron chi connectivity index (χ4n) is 4.39. The molecule has 0 unspecified atom stereocenters. The van der Waals surface area contributed by atoms with E-state index in [2.05, 4.69) is 95.2 Å². The van der Waals surface area contributed by atoms with Crippen molar-refractivity contribution < 1.29 is 18.9 Å². The van der Waals surface area contributed by atoms with Crippen molar-refractivity contribution >= 4 is 47.0 Å². The topological polar surface area (TPSA) is 36.9 Å². The molecule has 40 heavy (non-hydrogen) atoms. The fraction of sp³-hybridized carbons (Fsp3) is 0.812. The molecule has 0 aromatic heterocycles. The van der Waals surface area contributed by atoms with Crippen LogP contribution in [0, 0.1) is 0 Å². The Morgan fingerprint density at radius 1 is 0.425 bits per heavy atom. The van der Waals surface area contributed by atoms with Gasteiger partial charge in [0.1, 0.15) is 0 Å². The Bertz CT molecular complexity index is 829. The number of thioether (sulfide) groups is 4.